The van der Waals surface area contributed by atoms with Gasteiger partial charge in [-0.2, -0.15) is 0 Å². The second kappa shape index (κ2) is 8.23. The van der Waals surface area contributed by atoms with Gasteiger partial charge >= 0.3 is 0 Å². The molecule has 0 aliphatic carbocycles. The molecule has 3 aromatic rings. The molecule has 29 heavy (non-hydrogen) atoms. The van der Waals surface area contributed by atoms with Crippen LogP contribution >= 0.6 is 11.3 Å². The van der Waals surface area contributed by atoms with E-state index in [1.54, 1.807) is 11.3 Å². The molecule has 4 rings (SSSR count). The summed E-state index contributed by atoms with van der Waals surface area (Å²) in [6, 6.07) is 12.5. The van der Waals surface area contributed by atoms with Crippen LogP contribution in [0.3, 0.4) is 0 Å². The lowest BCUT2D eigenvalue weighted by Gasteiger charge is -2.23. The molecule has 150 valence electrons. The van der Waals surface area contributed by atoms with Crippen LogP contribution in [-0.4, -0.2) is 30.2 Å². The Morgan fingerprint density at radius 1 is 1.14 bits per heavy atom. The fourth-order valence-electron chi connectivity index (χ4n) is 3.43. The Morgan fingerprint density at radius 3 is 2.86 bits per heavy atom. The first-order chi connectivity index (χ1) is 14.0. The van der Waals surface area contributed by atoms with Gasteiger partial charge in [0.1, 0.15) is 6.17 Å². The monoisotopic (exact) mass is 406 g/mol. The highest BCUT2D eigenvalue weighted by Crippen LogP contribution is 2.25. The van der Waals surface area contributed by atoms with E-state index in [0.717, 1.165) is 40.6 Å². The number of benzene rings is 2. The number of fused-ring (bicyclic) bond motifs is 1. The van der Waals surface area contributed by atoms with Gasteiger partial charge in [0.15, 0.2) is 5.96 Å². The molecule has 2 aromatic carbocycles. The summed E-state index contributed by atoms with van der Waals surface area (Å²) in [7, 11) is 0. The molecule has 0 saturated heterocycles. The molecule has 5 N–H and O–H groups in total. The first kappa shape index (κ1) is 19.4. The number of anilines is 1. The van der Waals surface area contributed by atoms with Crippen LogP contribution in [0.2, 0.25) is 0 Å². The normalized spacial score (nSPS) is 16.3. The van der Waals surface area contributed by atoms with Gasteiger partial charge in [-0.1, -0.05) is 18.2 Å². The quantitative estimate of drug-likeness (QED) is 0.471. The van der Waals surface area contributed by atoms with Crippen molar-refractivity contribution in [1.82, 2.24) is 15.6 Å². The van der Waals surface area contributed by atoms with Crippen molar-refractivity contribution in [2.24, 2.45) is 10.7 Å². The van der Waals surface area contributed by atoms with Crippen LogP contribution < -0.4 is 21.7 Å². The Morgan fingerprint density at radius 2 is 2.00 bits per heavy atom. The van der Waals surface area contributed by atoms with Crippen molar-refractivity contribution < 1.29 is 0 Å². The predicted molar refractivity (Wildman–Crippen MR) is 123 cm³/mol. The lowest BCUT2D eigenvalue weighted by molar-refractivity contribution is 0.572. The molecule has 1 atom stereocenters. The number of nitrogens with one attached hydrogen (secondary N) is 3. The standard InChI is InChI=1S/C22H26N6S/c1-13-5-4-6-17(14(13)2)19-12-21(28-22(23)27-19)25-10-9-24-16-7-8-18-20(11-16)29-15(3)26-18/h4-8,11-12,21,24-25H,9-10H2,1-3H3,(H3,23,27,28). The van der Waals surface area contributed by atoms with Crippen molar-refractivity contribution in [3.8, 4) is 0 Å². The van der Waals surface area contributed by atoms with E-state index in [1.165, 1.54) is 15.8 Å². The number of hydrogen-bond donors (Lipinski definition) is 4. The molecular formula is C22H26N6S. The minimum absolute atomic E-state index is 0.0594. The molecule has 1 aliphatic rings. The number of nitrogens with two attached hydrogens (primary N) is 1. The molecule has 7 heteroatoms. The second-order valence-electron chi connectivity index (χ2n) is 7.21. The van der Waals surface area contributed by atoms with Gasteiger partial charge in [-0.05, 0) is 56.2 Å². The highest BCUT2D eigenvalue weighted by Gasteiger charge is 2.16. The Labute approximate surface area is 175 Å². The van der Waals surface area contributed by atoms with Crippen molar-refractivity contribution in [2.75, 3.05) is 18.4 Å². The lowest BCUT2D eigenvalue weighted by Crippen LogP contribution is -2.50. The van der Waals surface area contributed by atoms with E-state index in [2.05, 4.69) is 82.2 Å². The van der Waals surface area contributed by atoms with Gasteiger partial charge in [0, 0.05) is 24.3 Å². The number of rotatable bonds is 6. The van der Waals surface area contributed by atoms with E-state index in [-0.39, 0.29) is 6.17 Å². The first-order valence-corrected chi connectivity index (χ1v) is 10.5. The molecule has 1 unspecified atom stereocenters. The molecule has 1 aromatic heterocycles. The third kappa shape index (κ3) is 4.41. The topological polar surface area (TPSA) is 87.4 Å². The summed E-state index contributed by atoms with van der Waals surface area (Å²) in [6.45, 7) is 7.84. The SMILES string of the molecule is Cc1nc2ccc(NCCNC3C=C(c4cccc(C)c4C)N=C(N)N3)cc2s1. The number of aryl methyl sites for hydroxylation is 2. The average molecular weight is 407 g/mol. The largest absolute Gasteiger partial charge is 0.384 e. The summed E-state index contributed by atoms with van der Waals surface area (Å²) in [5.74, 6) is 0.430. The van der Waals surface area contributed by atoms with E-state index in [4.69, 9.17) is 5.73 Å². The average Bonchev–Trinajstić information content (AvgIpc) is 3.06. The molecule has 0 spiro atoms. The zero-order valence-corrected chi connectivity index (χ0v) is 17.7. The predicted octanol–water partition coefficient (Wildman–Crippen LogP) is 3.51. The summed E-state index contributed by atoms with van der Waals surface area (Å²) >= 11 is 1.72. The van der Waals surface area contributed by atoms with Crippen LogP contribution in [0, 0.1) is 20.8 Å². The van der Waals surface area contributed by atoms with Gasteiger partial charge in [0.25, 0.3) is 0 Å². The molecule has 0 radical (unpaired) electrons. The van der Waals surface area contributed by atoms with Crippen LogP contribution in [0.4, 0.5) is 5.69 Å². The van der Waals surface area contributed by atoms with Crippen LogP contribution in [0.15, 0.2) is 47.5 Å². The van der Waals surface area contributed by atoms with Gasteiger partial charge in [-0.15, -0.1) is 11.3 Å². The fraction of sp³-hybridized carbons (Fsp3) is 0.273. The van der Waals surface area contributed by atoms with Crippen molar-refractivity contribution in [2.45, 2.75) is 26.9 Å². The highest BCUT2D eigenvalue weighted by molar-refractivity contribution is 7.18. The lowest BCUT2D eigenvalue weighted by atomic mass is 10.00. The van der Waals surface area contributed by atoms with Crippen LogP contribution in [0.1, 0.15) is 21.7 Å². The van der Waals surface area contributed by atoms with E-state index < -0.39 is 0 Å². The maximum absolute atomic E-state index is 6.03. The zero-order valence-electron chi connectivity index (χ0n) is 16.9. The minimum Gasteiger partial charge on any atom is -0.384 e. The van der Waals surface area contributed by atoms with Crippen LogP contribution in [-0.2, 0) is 0 Å². The number of guanidine groups is 1. The molecule has 0 bridgehead atoms. The maximum atomic E-state index is 6.03. The number of aliphatic imine (C=N–C) groups is 1. The minimum atomic E-state index is -0.0594. The third-order valence-corrected chi connectivity index (χ3v) is 6.00. The second-order valence-corrected chi connectivity index (χ2v) is 8.45. The van der Waals surface area contributed by atoms with E-state index in [1.807, 2.05) is 6.92 Å². The van der Waals surface area contributed by atoms with Gasteiger partial charge in [-0.25, -0.2) is 9.98 Å². The molecule has 0 saturated carbocycles. The van der Waals surface area contributed by atoms with E-state index in [0.29, 0.717) is 5.96 Å². The molecule has 0 fully saturated rings. The molecule has 6 nitrogen and oxygen atoms in total. The summed E-state index contributed by atoms with van der Waals surface area (Å²) in [5.41, 5.74) is 12.7. The zero-order chi connectivity index (χ0) is 20.4. The Bertz CT molecular complexity index is 1100. The van der Waals surface area contributed by atoms with Gasteiger partial charge in [0.05, 0.1) is 20.9 Å². The summed E-state index contributed by atoms with van der Waals surface area (Å²) < 4.78 is 1.21. The van der Waals surface area contributed by atoms with Gasteiger partial charge in [-0.3, -0.25) is 5.32 Å². The molecule has 1 aliphatic heterocycles. The fourth-order valence-corrected chi connectivity index (χ4v) is 4.30. The molecule has 2 heterocycles. The summed E-state index contributed by atoms with van der Waals surface area (Å²) in [4.78, 5) is 9.00. The third-order valence-electron chi connectivity index (χ3n) is 5.06. The first-order valence-electron chi connectivity index (χ1n) is 9.73. The molecule has 0 amide bonds. The number of aromatic nitrogens is 1. The Balaban J connectivity index is 1.37. The number of thiazole rings is 1. The smallest absolute Gasteiger partial charge is 0.195 e. The summed E-state index contributed by atoms with van der Waals surface area (Å²) in [5, 5.41) is 11.2. The van der Waals surface area contributed by atoms with Crippen molar-refractivity contribution in [1.29, 1.82) is 0 Å². The number of hydrogen-bond acceptors (Lipinski definition) is 7. The van der Waals surface area contributed by atoms with Crippen molar-refractivity contribution in [3.05, 3.63) is 64.2 Å². The van der Waals surface area contributed by atoms with Crippen LogP contribution in [0.25, 0.3) is 15.9 Å². The highest BCUT2D eigenvalue weighted by atomic mass is 32.1. The van der Waals surface area contributed by atoms with E-state index >= 15 is 0 Å². The number of nitrogens with zero attached hydrogens (tertiary/aromatic N) is 2. The Hall–Kier alpha value is -2.90. The molecular weight excluding hydrogens is 380 g/mol. The van der Waals surface area contributed by atoms with Gasteiger partial charge in [0.2, 0.25) is 0 Å². The van der Waals surface area contributed by atoms with Crippen molar-refractivity contribution in [3.63, 3.8) is 0 Å². The van der Waals surface area contributed by atoms with E-state index in [9.17, 15) is 0 Å². The van der Waals surface area contributed by atoms with Crippen LogP contribution in [0.5, 0.6) is 0 Å². The maximum Gasteiger partial charge on any atom is 0.195 e. The van der Waals surface area contributed by atoms with Crippen molar-refractivity contribution >= 4 is 38.9 Å². The summed E-state index contributed by atoms with van der Waals surface area (Å²) in [6.07, 6.45) is 2.03. The van der Waals surface area contributed by atoms with Gasteiger partial charge < -0.3 is 16.4 Å². The Kier molecular flexibility index (Phi) is 5.51.